The number of carbonyl (C=O) groups excluding carboxylic acids is 3. The van der Waals surface area contributed by atoms with Crippen molar-refractivity contribution in [1.29, 1.82) is 0 Å². The highest BCUT2D eigenvalue weighted by Crippen LogP contribution is 2.23. The molecule has 1 aromatic carbocycles. The number of likely N-dealkylation sites (tertiary alicyclic amines) is 1. The smallest absolute Gasteiger partial charge is 0.329 e. The van der Waals surface area contributed by atoms with Gasteiger partial charge in [-0.2, -0.15) is 0 Å². The van der Waals surface area contributed by atoms with E-state index in [2.05, 4.69) is 19.2 Å². The Morgan fingerprint density at radius 1 is 1.21 bits per heavy atom. The summed E-state index contributed by atoms with van der Waals surface area (Å²) in [4.78, 5) is 39.2. The Morgan fingerprint density at radius 3 is 2.61 bits per heavy atom. The van der Waals surface area contributed by atoms with Crippen molar-refractivity contribution in [3.8, 4) is 0 Å². The fraction of sp³-hybridized carbons (Fsp3) is 0.381. The molecule has 1 N–H and O–H groups in total. The minimum Gasteiger partial charge on any atom is -0.454 e. The van der Waals surface area contributed by atoms with Crippen molar-refractivity contribution in [2.75, 3.05) is 18.5 Å². The predicted octanol–water partition coefficient (Wildman–Crippen LogP) is 3.66. The van der Waals surface area contributed by atoms with E-state index >= 15 is 0 Å². The third-order valence-electron chi connectivity index (χ3n) is 4.72. The first-order chi connectivity index (χ1) is 13.5. The van der Waals surface area contributed by atoms with Gasteiger partial charge in [-0.1, -0.05) is 32.0 Å². The summed E-state index contributed by atoms with van der Waals surface area (Å²) in [7, 11) is 0. The van der Waals surface area contributed by atoms with E-state index in [1.54, 1.807) is 12.1 Å². The molecule has 1 saturated heterocycles. The van der Waals surface area contributed by atoms with Crippen LogP contribution in [0.1, 0.15) is 47.8 Å². The SMILES string of the molecule is CC(C)c1ccc(NC(=O)COC(=O)C2CCCN2C(=O)c2cccs2)cc1. The van der Waals surface area contributed by atoms with Crippen LogP contribution < -0.4 is 5.32 Å². The summed E-state index contributed by atoms with van der Waals surface area (Å²) >= 11 is 1.35. The molecule has 148 valence electrons. The largest absolute Gasteiger partial charge is 0.454 e. The number of rotatable bonds is 6. The summed E-state index contributed by atoms with van der Waals surface area (Å²) in [6.45, 7) is 4.35. The van der Waals surface area contributed by atoms with Gasteiger partial charge in [-0.25, -0.2) is 4.79 Å². The summed E-state index contributed by atoms with van der Waals surface area (Å²) in [5.41, 5.74) is 1.84. The maximum Gasteiger partial charge on any atom is 0.329 e. The Kier molecular flexibility index (Phi) is 6.46. The van der Waals surface area contributed by atoms with Crippen LogP contribution in [0.5, 0.6) is 0 Å². The Morgan fingerprint density at radius 2 is 1.96 bits per heavy atom. The van der Waals surface area contributed by atoms with E-state index in [0.29, 0.717) is 29.4 Å². The number of amides is 2. The minimum atomic E-state index is -0.632. The highest BCUT2D eigenvalue weighted by molar-refractivity contribution is 7.12. The van der Waals surface area contributed by atoms with Gasteiger partial charge >= 0.3 is 5.97 Å². The second-order valence-electron chi connectivity index (χ2n) is 7.07. The van der Waals surface area contributed by atoms with Crippen LogP contribution in [-0.4, -0.2) is 41.9 Å². The van der Waals surface area contributed by atoms with Gasteiger partial charge in [-0.15, -0.1) is 11.3 Å². The van der Waals surface area contributed by atoms with Crippen molar-refractivity contribution in [2.24, 2.45) is 0 Å². The van der Waals surface area contributed by atoms with Crippen LogP contribution in [0.15, 0.2) is 41.8 Å². The number of carbonyl (C=O) groups is 3. The quantitative estimate of drug-likeness (QED) is 0.751. The van der Waals surface area contributed by atoms with Gasteiger partial charge in [-0.05, 0) is 47.9 Å². The molecule has 2 aromatic rings. The molecule has 0 bridgehead atoms. The normalized spacial score (nSPS) is 16.2. The number of thiophene rings is 1. The van der Waals surface area contributed by atoms with E-state index in [0.717, 1.165) is 6.42 Å². The van der Waals surface area contributed by atoms with E-state index in [4.69, 9.17) is 4.74 Å². The lowest BCUT2D eigenvalue weighted by molar-refractivity contribution is -0.151. The van der Waals surface area contributed by atoms with Gasteiger partial charge in [0.15, 0.2) is 6.61 Å². The second-order valence-corrected chi connectivity index (χ2v) is 8.01. The molecule has 1 fully saturated rings. The molecule has 1 aromatic heterocycles. The van der Waals surface area contributed by atoms with Crippen LogP contribution in [0.2, 0.25) is 0 Å². The first-order valence-electron chi connectivity index (χ1n) is 9.36. The van der Waals surface area contributed by atoms with Crippen molar-refractivity contribution in [1.82, 2.24) is 4.90 Å². The Bertz CT molecular complexity index is 831. The first-order valence-corrected chi connectivity index (χ1v) is 10.2. The number of benzene rings is 1. The van der Waals surface area contributed by atoms with E-state index < -0.39 is 17.9 Å². The lowest BCUT2D eigenvalue weighted by Gasteiger charge is -2.22. The summed E-state index contributed by atoms with van der Waals surface area (Å²) in [6, 6.07) is 10.5. The number of ether oxygens (including phenoxy) is 1. The molecule has 1 aliphatic heterocycles. The molecule has 1 aliphatic rings. The molecule has 1 unspecified atom stereocenters. The van der Waals surface area contributed by atoms with Gasteiger partial charge in [0.1, 0.15) is 6.04 Å². The third-order valence-corrected chi connectivity index (χ3v) is 5.58. The fourth-order valence-corrected chi connectivity index (χ4v) is 3.86. The molecule has 6 nitrogen and oxygen atoms in total. The summed E-state index contributed by atoms with van der Waals surface area (Å²) < 4.78 is 5.18. The standard InChI is InChI=1S/C21H24N2O4S/c1-14(2)15-7-9-16(10-8-15)22-19(24)13-27-21(26)17-5-3-11-23(17)20(25)18-6-4-12-28-18/h4,6-10,12,14,17H,3,5,11,13H2,1-2H3,(H,22,24). The molecule has 3 rings (SSSR count). The monoisotopic (exact) mass is 400 g/mol. The zero-order valence-electron chi connectivity index (χ0n) is 16.0. The van der Waals surface area contributed by atoms with Gasteiger partial charge in [-0.3, -0.25) is 9.59 Å². The Hall–Kier alpha value is -2.67. The molecule has 7 heteroatoms. The molecule has 0 radical (unpaired) electrons. The maximum absolute atomic E-state index is 12.5. The number of nitrogens with zero attached hydrogens (tertiary/aromatic N) is 1. The van der Waals surface area contributed by atoms with Gasteiger partial charge in [0.25, 0.3) is 11.8 Å². The number of esters is 1. The topological polar surface area (TPSA) is 75.7 Å². The zero-order chi connectivity index (χ0) is 20.1. The fourth-order valence-electron chi connectivity index (χ4n) is 3.18. The summed E-state index contributed by atoms with van der Waals surface area (Å²) in [5, 5.41) is 4.54. The maximum atomic E-state index is 12.5. The first kappa shape index (κ1) is 20.1. The van der Waals surface area contributed by atoms with Gasteiger partial charge < -0.3 is 15.0 Å². The molecule has 0 saturated carbocycles. The molecular weight excluding hydrogens is 376 g/mol. The third kappa shape index (κ3) is 4.78. The van der Waals surface area contributed by atoms with Crippen molar-refractivity contribution in [2.45, 2.75) is 38.6 Å². The second kappa shape index (κ2) is 9.01. The number of hydrogen-bond acceptors (Lipinski definition) is 5. The zero-order valence-corrected chi connectivity index (χ0v) is 16.8. The number of nitrogens with one attached hydrogen (secondary N) is 1. The van der Waals surface area contributed by atoms with Crippen molar-refractivity contribution >= 4 is 34.8 Å². The average Bonchev–Trinajstić information content (AvgIpc) is 3.38. The number of hydrogen-bond donors (Lipinski definition) is 1. The molecule has 28 heavy (non-hydrogen) atoms. The molecule has 2 heterocycles. The van der Waals surface area contributed by atoms with Crippen LogP contribution in [0.3, 0.4) is 0 Å². The summed E-state index contributed by atoms with van der Waals surface area (Å²) in [6.07, 6.45) is 1.29. The molecule has 0 aliphatic carbocycles. The van der Waals surface area contributed by atoms with E-state index in [1.807, 2.05) is 29.6 Å². The predicted molar refractivity (Wildman–Crippen MR) is 108 cm³/mol. The number of anilines is 1. The van der Waals surface area contributed by atoms with E-state index in [9.17, 15) is 14.4 Å². The Balaban J connectivity index is 1.51. The highest BCUT2D eigenvalue weighted by Gasteiger charge is 2.36. The van der Waals surface area contributed by atoms with Crippen molar-refractivity contribution < 1.29 is 19.1 Å². The van der Waals surface area contributed by atoms with E-state index in [-0.39, 0.29) is 12.5 Å². The van der Waals surface area contributed by atoms with E-state index in [1.165, 1.54) is 21.8 Å². The van der Waals surface area contributed by atoms with Crippen molar-refractivity contribution in [3.63, 3.8) is 0 Å². The molecular formula is C21H24N2O4S. The molecule has 2 amide bonds. The van der Waals surface area contributed by atoms with Gasteiger partial charge in [0.2, 0.25) is 0 Å². The Labute approximate surface area is 168 Å². The lowest BCUT2D eigenvalue weighted by atomic mass is 10.0. The van der Waals surface area contributed by atoms with Gasteiger partial charge in [0, 0.05) is 12.2 Å². The minimum absolute atomic E-state index is 0.163. The molecule has 0 spiro atoms. The lowest BCUT2D eigenvalue weighted by Crippen LogP contribution is -2.41. The highest BCUT2D eigenvalue weighted by atomic mass is 32.1. The van der Waals surface area contributed by atoms with Gasteiger partial charge in [0.05, 0.1) is 4.88 Å². The summed E-state index contributed by atoms with van der Waals surface area (Å²) in [5.74, 6) is -0.686. The van der Waals surface area contributed by atoms with Crippen LogP contribution in [0, 0.1) is 0 Å². The average molecular weight is 400 g/mol. The van der Waals surface area contributed by atoms with Crippen LogP contribution in [-0.2, 0) is 14.3 Å². The molecule has 1 atom stereocenters. The van der Waals surface area contributed by atoms with Crippen LogP contribution in [0.25, 0.3) is 0 Å². The van der Waals surface area contributed by atoms with Crippen LogP contribution >= 0.6 is 11.3 Å². The van der Waals surface area contributed by atoms with Crippen molar-refractivity contribution in [3.05, 3.63) is 52.2 Å². The van der Waals surface area contributed by atoms with Crippen LogP contribution in [0.4, 0.5) is 5.69 Å².